The van der Waals surface area contributed by atoms with Gasteiger partial charge in [-0.05, 0) is 39.0 Å². The van der Waals surface area contributed by atoms with Crippen LogP contribution in [0, 0.1) is 11.8 Å². The van der Waals surface area contributed by atoms with E-state index in [2.05, 4.69) is 19.2 Å². The minimum Gasteiger partial charge on any atom is -0.444 e. The van der Waals surface area contributed by atoms with Crippen LogP contribution in [0.15, 0.2) is 0 Å². The topological polar surface area (TPSA) is 58.6 Å². The second-order valence-corrected chi connectivity index (χ2v) is 6.00. The molecule has 0 radical (unpaired) electrons. The van der Waals surface area contributed by atoms with E-state index in [4.69, 9.17) is 4.74 Å². The van der Waals surface area contributed by atoms with E-state index in [1.165, 1.54) is 0 Å². The number of rotatable bonds is 3. The maximum atomic E-state index is 11.6. The molecule has 0 aromatic rings. The Morgan fingerprint density at radius 3 is 2.44 bits per heavy atom. The minimum absolute atomic E-state index is 0.0188. The molecule has 0 unspecified atom stereocenters. The van der Waals surface area contributed by atoms with Crippen LogP contribution < -0.4 is 5.32 Å². The second kappa shape index (κ2) is 4.24. The quantitative estimate of drug-likeness (QED) is 0.777. The Morgan fingerprint density at radius 1 is 1.56 bits per heavy atom. The molecule has 1 aliphatic carbocycles. The number of ether oxygens (including phenoxy) is 1. The molecule has 0 saturated heterocycles. The molecule has 4 nitrogen and oxygen atoms in total. The normalized spacial score (nSPS) is 29.1. The molecular formula is C12H23NO3. The van der Waals surface area contributed by atoms with Crippen LogP contribution in [0.4, 0.5) is 4.79 Å². The summed E-state index contributed by atoms with van der Waals surface area (Å²) in [5.41, 5.74) is -0.945. The number of carbonyl (C=O) groups excluding carboxylic acids is 1. The molecule has 2 atom stereocenters. The van der Waals surface area contributed by atoms with Crippen LogP contribution >= 0.6 is 0 Å². The monoisotopic (exact) mass is 229 g/mol. The van der Waals surface area contributed by atoms with E-state index in [0.717, 1.165) is 6.42 Å². The third-order valence-corrected chi connectivity index (χ3v) is 2.97. The Bertz CT molecular complexity index is 270. The van der Waals surface area contributed by atoms with Crippen LogP contribution in [0.1, 0.15) is 41.0 Å². The molecule has 0 heterocycles. The molecule has 0 aliphatic heterocycles. The van der Waals surface area contributed by atoms with Gasteiger partial charge in [0.1, 0.15) is 5.60 Å². The first-order valence-corrected chi connectivity index (χ1v) is 5.82. The van der Waals surface area contributed by atoms with Gasteiger partial charge in [0, 0.05) is 0 Å². The Hall–Kier alpha value is -0.770. The van der Waals surface area contributed by atoms with Gasteiger partial charge >= 0.3 is 6.09 Å². The lowest BCUT2D eigenvalue weighted by Gasteiger charge is -2.23. The van der Waals surface area contributed by atoms with Gasteiger partial charge in [0.25, 0.3) is 0 Å². The highest BCUT2D eigenvalue weighted by molar-refractivity contribution is 5.69. The molecule has 16 heavy (non-hydrogen) atoms. The molecular weight excluding hydrogens is 206 g/mol. The van der Waals surface area contributed by atoms with Crippen molar-refractivity contribution in [2.75, 3.05) is 6.61 Å². The summed E-state index contributed by atoms with van der Waals surface area (Å²) in [6.07, 6.45) is 0.394. The molecule has 1 amide bonds. The van der Waals surface area contributed by atoms with Gasteiger partial charge in [0.15, 0.2) is 0 Å². The maximum Gasteiger partial charge on any atom is 0.408 e. The van der Waals surface area contributed by atoms with Crippen LogP contribution in [0.5, 0.6) is 0 Å². The summed E-state index contributed by atoms with van der Waals surface area (Å²) in [6, 6.07) is 0. The summed E-state index contributed by atoms with van der Waals surface area (Å²) in [5.74, 6) is 0.812. The van der Waals surface area contributed by atoms with Gasteiger partial charge in [-0.1, -0.05) is 13.8 Å². The Balaban J connectivity index is 2.51. The molecule has 0 bridgehead atoms. The van der Waals surface area contributed by atoms with E-state index in [1.54, 1.807) is 0 Å². The van der Waals surface area contributed by atoms with Crippen LogP contribution in [-0.2, 0) is 4.74 Å². The number of amides is 1. The highest BCUT2D eigenvalue weighted by Gasteiger charge is 2.56. The van der Waals surface area contributed by atoms with Crippen LogP contribution in [-0.4, -0.2) is 28.9 Å². The van der Waals surface area contributed by atoms with Gasteiger partial charge in [0.2, 0.25) is 0 Å². The van der Waals surface area contributed by atoms with Gasteiger partial charge in [-0.15, -0.1) is 0 Å². The van der Waals surface area contributed by atoms with Crippen molar-refractivity contribution in [2.45, 2.75) is 52.2 Å². The fourth-order valence-electron chi connectivity index (χ4n) is 2.08. The van der Waals surface area contributed by atoms with Gasteiger partial charge in [-0.25, -0.2) is 4.79 Å². The first kappa shape index (κ1) is 13.3. The SMILES string of the molecule is CC(C)[C@H]1C[C@@]1(CO)NC(=O)OC(C)(C)C. The van der Waals surface area contributed by atoms with E-state index < -0.39 is 17.2 Å². The second-order valence-electron chi connectivity index (χ2n) is 6.00. The van der Waals surface area contributed by atoms with Crippen molar-refractivity contribution in [2.24, 2.45) is 11.8 Å². The lowest BCUT2D eigenvalue weighted by molar-refractivity contribution is 0.0458. The van der Waals surface area contributed by atoms with Crippen LogP contribution in [0.3, 0.4) is 0 Å². The zero-order valence-electron chi connectivity index (χ0n) is 10.8. The summed E-state index contributed by atoms with van der Waals surface area (Å²) in [5, 5.41) is 12.1. The van der Waals surface area contributed by atoms with E-state index in [9.17, 15) is 9.90 Å². The third-order valence-electron chi connectivity index (χ3n) is 2.97. The van der Waals surface area contributed by atoms with Crippen molar-refractivity contribution in [3.05, 3.63) is 0 Å². The fourth-order valence-corrected chi connectivity index (χ4v) is 2.08. The standard InChI is InChI=1S/C12H23NO3/c1-8(2)9-6-12(9,7-14)13-10(15)16-11(3,4)5/h8-9,14H,6-7H2,1-5H3,(H,13,15)/t9-,12+/m1/s1. The molecule has 1 saturated carbocycles. The van der Waals surface area contributed by atoms with Crippen molar-refractivity contribution in [1.29, 1.82) is 0 Å². The summed E-state index contributed by atoms with van der Waals surface area (Å²) < 4.78 is 5.18. The number of hydrogen-bond acceptors (Lipinski definition) is 3. The minimum atomic E-state index is -0.497. The van der Waals surface area contributed by atoms with Crippen LogP contribution in [0.2, 0.25) is 0 Å². The van der Waals surface area contributed by atoms with Gasteiger partial charge in [-0.2, -0.15) is 0 Å². The first-order chi connectivity index (χ1) is 7.20. The van der Waals surface area contributed by atoms with E-state index in [1.807, 2.05) is 20.8 Å². The van der Waals surface area contributed by atoms with Gasteiger partial charge in [-0.3, -0.25) is 0 Å². The number of nitrogens with one attached hydrogen (secondary N) is 1. The first-order valence-electron chi connectivity index (χ1n) is 5.82. The summed E-state index contributed by atoms with van der Waals surface area (Å²) in [6.45, 7) is 9.65. The average Bonchev–Trinajstić information content (AvgIpc) is 2.76. The predicted molar refractivity (Wildman–Crippen MR) is 62.1 cm³/mol. The van der Waals surface area contributed by atoms with Crippen molar-refractivity contribution in [1.82, 2.24) is 5.32 Å². The van der Waals surface area contributed by atoms with E-state index in [0.29, 0.717) is 11.8 Å². The Kier molecular flexibility index (Phi) is 3.53. The summed E-state index contributed by atoms with van der Waals surface area (Å²) >= 11 is 0. The summed E-state index contributed by atoms with van der Waals surface area (Å²) in [7, 11) is 0. The molecule has 1 rings (SSSR count). The number of carbonyl (C=O) groups is 1. The molecule has 4 heteroatoms. The Morgan fingerprint density at radius 2 is 2.12 bits per heavy atom. The van der Waals surface area contributed by atoms with Crippen molar-refractivity contribution in [3.63, 3.8) is 0 Å². The van der Waals surface area contributed by atoms with Gasteiger partial charge in [0.05, 0.1) is 12.1 Å². The molecule has 1 aliphatic rings. The molecule has 0 spiro atoms. The smallest absolute Gasteiger partial charge is 0.408 e. The number of aliphatic hydroxyl groups excluding tert-OH is 1. The molecule has 94 valence electrons. The number of alkyl carbamates (subject to hydrolysis) is 1. The predicted octanol–water partition coefficient (Wildman–Crippen LogP) is 1.92. The average molecular weight is 229 g/mol. The van der Waals surface area contributed by atoms with Crippen LogP contribution in [0.25, 0.3) is 0 Å². The molecule has 2 N–H and O–H groups in total. The highest BCUT2D eigenvalue weighted by Crippen LogP contribution is 2.48. The lowest BCUT2D eigenvalue weighted by Crippen LogP contribution is -2.44. The molecule has 0 aromatic heterocycles. The zero-order chi connectivity index (χ0) is 12.6. The lowest BCUT2D eigenvalue weighted by atomic mass is 10.0. The van der Waals surface area contributed by atoms with E-state index in [-0.39, 0.29) is 6.61 Å². The number of aliphatic hydroxyl groups is 1. The molecule has 0 aromatic carbocycles. The Labute approximate surface area is 97.4 Å². The largest absolute Gasteiger partial charge is 0.444 e. The van der Waals surface area contributed by atoms with Crippen molar-refractivity contribution < 1.29 is 14.6 Å². The highest BCUT2D eigenvalue weighted by atomic mass is 16.6. The molecule has 1 fully saturated rings. The third kappa shape index (κ3) is 3.11. The van der Waals surface area contributed by atoms with Crippen molar-refractivity contribution >= 4 is 6.09 Å². The van der Waals surface area contributed by atoms with E-state index >= 15 is 0 Å². The number of hydrogen-bond donors (Lipinski definition) is 2. The zero-order valence-corrected chi connectivity index (χ0v) is 10.8. The summed E-state index contributed by atoms with van der Waals surface area (Å²) in [4.78, 5) is 11.6. The van der Waals surface area contributed by atoms with Crippen molar-refractivity contribution in [3.8, 4) is 0 Å². The van der Waals surface area contributed by atoms with Gasteiger partial charge < -0.3 is 15.2 Å². The fraction of sp³-hybridized carbons (Fsp3) is 0.917. The maximum absolute atomic E-state index is 11.6.